The van der Waals surface area contributed by atoms with Gasteiger partial charge in [-0.25, -0.2) is 0 Å². The zero-order valence-corrected chi connectivity index (χ0v) is 10.3. The summed E-state index contributed by atoms with van der Waals surface area (Å²) in [5, 5.41) is 2.75. The lowest BCUT2D eigenvalue weighted by Crippen LogP contribution is -2.40. The molecule has 1 fully saturated rings. The molecule has 0 saturated carbocycles. The Morgan fingerprint density at radius 3 is 2.59 bits per heavy atom. The molecule has 0 aromatic heterocycles. The summed E-state index contributed by atoms with van der Waals surface area (Å²) >= 11 is 0. The molecule has 6 heteroatoms. The topological polar surface area (TPSA) is 82.0 Å². The van der Waals surface area contributed by atoms with Crippen molar-refractivity contribution in [3.8, 4) is 0 Å². The first-order valence-corrected chi connectivity index (χ1v) is 5.47. The first-order valence-electron chi connectivity index (χ1n) is 5.47. The van der Waals surface area contributed by atoms with Crippen LogP contribution in [0.2, 0.25) is 0 Å². The van der Waals surface area contributed by atoms with Gasteiger partial charge < -0.3 is 9.47 Å². The zero-order valence-electron chi connectivity index (χ0n) is 10.3. The fourth-order valence-electron chi connectivity index (χ4n) is 1.46. The highest BCUT2D eigenvalue weighted by atomic mass is 16.6. The van der Waals surface area contributed by atoms with Gasteiger partial charge in [0.05, 0.1) is 5.41 Å². The molecular weight excluding hydrogens is 226 g/mol. The Bertz CT molecular complexity index is 333. The Morgan fingerprint density at radius 1 is 1.53 bits per heavy atom. The van der Waals surface area contributed by atoms with E-state index in [0.29, 0.717) is 6.42 Å². The largest absolute Gasteiger partial charge is 0.461 e. The molecule has 96 valence electrons. The third-order valence-corrected chi connectivity index (χ3v) is 2.55. The third-order valence-electron chi connectivity index (χ3n) is 2.55. The smallest absolute Gasteiger partial charge is 0.311 e. The molecule has 0 aliphatic carbocycles. The minimum atomic E-state index is -1.06. The Balaban J connectivity index is 2.60. The van der Waals surface area contributed by atoms with Crippen LogP contribution >= 0.6 is 0 Å². The molecule has 0 spiro atoms. The minimum absolute atomic E-state index is 0.111. The van der Waals surface area contributed by atoms with Gasteiger partial charge in [-0.15, -0.1) is 0 Å². The summed E-state index contributed by atoms with van der Waals surface area (Å²) in [5.41, 5.74) is -1.68. The molecule has 0 aromatic carbocycles. The zero-order chi connectivity index (χ0) is 13.1. The maximum absolute atomic E-state index is 11.6. The van der Waals surface area contributed by atoms with Crippen molar-refractivity contribution in [1.82, 2.24) is 0 Å². The van der Waals surface area contributed by atoms with Crippen LogP contribution in [-0.2, 0) is 19.1 Å². The molecule has 0 radical (unpaired) electrons. The van der Waals surface area contributed by atoms with Crippen molar-refractivity contribution in [3.05, 3.63) is 4.91 Å². The van der Waals surface area contributed by atoms with Gasteiger partial charge in [0.1, 0.15) is 13.2 Å². The van der Waals surface area contributed by atoms with E-state index in [4.69, 9.17) is 9.47 Å². The predicted octanol–water partition coefficient (Wildman–Crippen LogP) is 1.42. The van der Waals surface area contributed by atoms with Crippen LogP contribution in [0.4, 0.5) is 0 Å². The highest BCUT2D eigenvalue weighted by molar-refractivity contribution is 5.75. The SMILES string of the molecule is CC(C)(C)C(=O)OCC1(CN=O)CCC(=O)O1. The number of nitroso groups, excluding NO2 is 1. The van der Waals surface area contributed by atoms with Crippen molar-refractivity contribution in [2.45, 2.75) is 39.2 Å². The van der Waals surface area contributed by atoms with Crippen LogP contribution in [0.5, 0.6) is 0 Å². The summed E-state index contributed by atoms with van der Waals surface area (Å²) in [6, 6.07) is 0. The van der Waals surface area contributed by atoms with Gasteiger partial charge in [0.15, 0.2) is 5.60 Å². The van der Waals surface area contributed by atoms with Crippen LogP contribution in [0.15, 0.2) is 5.18 Å². The van der Waals surface area contributed by atoms with Crippen molar-refractivity contribution in [3.63, 3.8) is 0 Å². The fourth-order valence-corrected chi connectivity index (χ4v) is 1.46. The number of esters is 2. The van der Waals surface area contributed by atoms with Gasteiger partial charge in [-0.3, -0.25) is 9.59 Å². The second-order valence-corrected chi connectivity index (χ2v) is 5.27. The Kier molecular flexibility index (Phi) is 3.85. The van der Waals surface area contributed by atoms with Crippen molar-refractivity contribution >= 4 is 11.9 Å². The first-order chi connectivity index (χ1) is 7.79. The summed E-state index contributed by atoms with van der Waals surface area (Å²) in [6.07, 6.45) is 0.581. The lowest BCUT2D eigenvalue weighted by molar-refractivity contribution is -0.167. The summed E-state index contributed by atoms with van der Waals surface area (Å²) in [6.45, 7) is 4.87. The van der Waals surface area contributed by atoms with Crippen LogP contribution in [-0.4, -0.2) is 30.7 Å². The van der Waals surface area contributed by atoms with E-state index in [1.807, 2.05) is 0 Å². The number of nitrogens with zero attached hydrogens (tertiary/aromatic N) is 1. The standard InChI is InChI=1S/C11H17NO5/c1-10(2,3)9(14)16-7-11(6-12-15)5-4-8(13)17-11/h4-7H2,1-3H3. The maximum atomic E-state index is 11.6. The summed E-state index contributed by atoms with van der Waals surface area (Å²) in [5.74, 6) is -0.786. The Hall–Kier alpha value is -1.46. The van der Waals surface area contributed by atoms with E-state index in [1.54, 1.807) is 20.8 Å². The molecule has 1 atom stereocenters. The predicted molar refractivity (Wildman–Crippen MR) is 59.1 cm³/mol. The van der Waals surface area contributed by atoms with Crippen LogP contribution in [0.25, 0.3) is 0 Å². The van der Waals surface area contributed by atoms with E-state index in [1.165, 1.54) is 0 Å². The molecule has 1 saturated heterocycles. The second-order valence-electron chi connectivity index (χ2n) is 5.27. The van der Waals surface area contributed by atoms with Gasteiger partial charge in [-0.1, -0.05) is 5.18 Å². The molecule has 0 bridgehead atoms. The molecule has 1 rings (SSSR count). The Labute approximate surface area is 99.6 Å². The number of carbonyl (C=O) groups excluding carboxylic acids is 2. The molecule has 1 aliphatic rings. The number of cyclic esters (lactones) is 1. The van der Waals surface area contributed by atoms with Crippen LogP contribution in [0, 0.1) is 10.3 Å². The van der Waals surface area contributed by atoms with Crippen LogP contribution in [0.3, 0.4) is 0 Å². The number of rotatable bonds is 4. The first kappa shape index (κ1) is 13.6. The van der Waals surface area contributed by atoms with Gasteiger partial charge >= 0.3 is 11.9 Å². The Morgan fingerprint density at radius 2 is 2.18 bits per heavy atom. The molecule has 1 aliphatic heterocycles. The van der Waals surface area contributed by atoms with Gasteiger partial charge in [0, 0.05) is 12.8 Å². The highest BCUT2D eigenvalue weighted by Crippen LogP contribution is 2.28. The minimum Gasteiger partial charge on any atom is -0.461 e. The fraction of sp³-hybridized carbons (Fsp3) is 0.818. The van der Waals surface area contributed by atoms with E-state index >= 15 is 0 Å². The van der Waals surface area contributed by atoms with Crippen LogP contribution in [0.1, 0.15) is 33.6 Å². The van der Waals surface area contributed by atoms with Crippen molar-refractivity contribution in [2.24, 2.45) is 10.6 Å². The quantitative estimate of drug-likeness (QED) is 0.551. The molecule has 6 nitrogen and oxygen atoms in total. The maximum Gasteiger partial charge on any atom is 0.311 e. The van der Waals surface area contributed by atoms with E-state index in [9.17, 15) is 14.5 Å². The average Bonchev–Trinajstić information content (AvgIpc) is 2.56. The number of hydrogen-bond donors (Lipinski definition) is 0. The van der Waals surface area contributed by atoms with Gasteiger partial charge in [0.2, 0.25) is 0 Å². The monoisotopic (exact) mass is 243 g/mol. The molecule has 0 amide bonds. The van der Waals surface area contributed by atoms with Crippen molar-refractivity contribution < 1.29 is 19.1 Å². The molecule has 0 aromatic rings. The average molecular weight is 243 g/mol. The van der Waals surface area contributed by atoms with Gasteiger partial charge in [-0.05, 0) is 20.8 Å². The number of ether oxygens (including phenoxy) is 2. The normalized spacial score (nSPS) is 24.3. The summed E-state index contributed by atoms with van der Waals surface area (Å²) < 4.78 is 10.1. The summed E-state index contributed by atoms with van der Waals surface area (Å²) in [7, 11) is 0. The second kappa shape index (κ2) is 4.81. The number of carbonyl (C=O) groups is 2. The van der Waals surface area contributed by atoms with E-state index in [-0.39, 0.29) is 25.5 Å². The molecule has 1 unspecified atom stereocenters. The van der Waals surface area contributed by atoms with E-state index in [0.717, 1.165) is 0 Å². The van der Waals surface area contributed by atoms with Crippen molar-refractivity contribution in [2.75, 3.05) is 13.2 Å². The number of hydrogen-bond acceptors (Lipinski definition) is 6. The lowest BCUT2D eigenvalue weighted by atomic mass is 9.97. The van der Waals surface area contributed by atoms with E-state index in [2.05, 4.69) is 5.18 Å². The molecular formula is C11H17NO5. The van der Waals surface area contributed by atoms with Gasteiger partial charge in [0.25, 0.3) is 0 Å². The van der Waals surface area contributed by atoms with Gasteiger partial charge in [-0.2, -0.15) is 4.91 Å². The third kappa shape index (κ3) is 3.51. The summed E-state index contributed by atoms with van der Waals surface area (Å²) in [4.78, 5) is 33.0. The lowest BCUT2D eigenvalue weighted by Gasteiger charge is -2.26. The molecule has 17 heavy (non-hydrogen) atoms. The molecule has 1 heterocycles. The van der Waals surface area contributed by atoms with E-state index < -0.39 is 17.0 Å². The highest BCUT2D eigenvalue weighted by Gasteiger charge is 2.43. The van der Waals surface area contributed by atoms with Crippen molar-refractivity contribution in [1.29, 1.82) is 0 Å². The van der Waals surface area contributed by atoms with Crippen LogP contribution < -0.4 is 0 Å². The molecule has 0 N–H and O–H groups in total.